The number of guanidine groups is 1. The van der Waals surface area contributed by atoms with Crippen LogP contribution >= 0.6 is 0 Å². The maximum absolute atomic E-state index is 5.47. The van der Waals surface area contributed by atoms with Gasteiger partial charge in [-0.25, -0.2) is 0 Å². The minimum atomic E-state index is -0.0618. The van der Waals surface area contributed by atoms with Crippen LogP contribution in [0.1, 0.15) is 19.4 Å². The van der Waals surface area contributed by atoms with Crippen molar-refractivity contribution >= 4 is 11.7 Å². The Balaban J connectivity index is 3.02. The Labute approximate surface area is 94.8 Å². The van der Waals surface area contributed by atoms with E-state index in [1.165, 1.54) is 0 Å². The molecule has 0 bridgehead atoms. The third kappa shape index (κ3) is 3.27. The average Bonchev–Trinajstić information content (AvgIpc) is 2.27. The summed E-state index contributed by atoms with van der Waals surface area (Å²) in [5.41, 5.74) is 12.0. The molecule has 0 atom stereocenters. The van der Waals surface area contributed by atoms with E-state index in [2.05, 4.69) is 10.2 Å². The van der Waals surface area contributed by atoms with E-state index in [4.69, 9.17) is 16.2 Å². The van der Waals surface area contributed by atoms with Crippen molar-refractivity contribution in [3.8, 4) is 5.75 Å². The van der Waals surface area contributed by atoms with Crippen LogP contribution in [-0.4, -0.2) is 18.3 Å². The largest absolute Gasteiger partial charge is 0.493 e. The van der Waals surface area contributed by atoms with Crippen LogP contribution in [-0.2, 0) is 0 Å². The molecule has 0 heterocycles. The molecule has 0 saturated carbocycles. The molecular formula is C11H16N4O. The summed E-state index contributed by atoms with van der Waals surface area (Å²) in [7, 11) is 0. The summed E-state index contributed by atoms with van der Waals surface area (Å²) >= 11 is 0. The third-order valence-corrected chi connectivity index (χ3v) is 1.89. The van der Waals surface area contributed by atoms with Gasteiger partial charge in [-0.1, -0.05) is 12.1 Å². The first-order valence-corrected chi connectivity index (χ1v) is 5.00. The molecule has 0 aliphatic carbocycles. The molecule has 5 heteroatoms. The minimum absolute atomic E-state index is 0.0618. The Hall–Kier alpha value is -2.04. The molecule has 0 aromatic heterocycles. The van der Waals surface area contributed by atoms with E-state index in [9.17, 15) is 0 Å². The SMILES string of the molecule is CCOc1ccccc1C(C)=NN=C(N)N. The minimum Gasteiger partial charge on any atom is -0.493 e. The van der Waals surface area contributed by atoms with E-state index in [0.29, 0.717) is 12.3 Å². The lowest BCUT2D eigenvalue weighted by molar-refractivity contribution is 0.339. The fraction of sp³-hybridized carbons (Fsp3) is 0.273. The van der Waals surface area contributed by atoms with Crippen molar-refractivity contribution in [1.29, 1.82) is 0 Å². The predicted molar refractivity (Wildman–Crippen MR) is 65.6 cm³/mol. The van der Waals surface area contributed by atoms with Gasteiger partial charge in [0.2, 0.25) is 5.96 Å². The number of benzene rings is 1. The molecule has 1 aromatic carbocycles. The number of rotatable bonds is 4. The lowest BCUT2D eigenvalue weighted by Crippen LogP contribution is -2.22. The van der Waals surface area contributed by atoms with Crippen molar-refractivity contribution in [3.05, 3.63) is 29.8 Å². The Morgan fingerprint density at radius 3 is 2.56 bits per heavy atom. The summed E-state index contributed by atoms with van der Waals surface area (Å²) in [6, 6.07) is 7.61. The van der Waals surface area contributed by atoms with Gasteiger partial charge < -0.3 is 16.2 Å². The molecule has 1 aromatic rings. The molecule has 0 saturated heterocycles. The molecule has 0 amide bonds. The van der Waals surface area contributed by atoms with Crippen LogP contribution in [0.2, 0.25) is 0 Å². The van der Waals surface area contributed by atoms with E-state index >= 15 is 0 Å². The zero-order chi connectivity index (χ0) is 12.0. The summed E-state index contributed by atoms with van der Waals surface area (Å²) < 4.78 is 5.47. The molecule has 0 radical (unpaired) electrons. The van der Waals surface area contributed by atoms with Gasteiger partial charge in [-0.05, 0) is 26.0 Å². The van der Waals surface area contributed by atoms with Crippen LogP contribution in [0.3, 0.4) is 0 Å². The number of para-hydroxylation sites is 1. The second kappa shape index (κ2) is 5.75. The summed E-state index contributed by atoms with van der Waals surface area (Å²) in [4.78, 5) is 0. The van der Waals surface area contributed by atoms with Crippen LogP contribution in [0.4, 0.5) is 0 Å². The van der Waals surface area contributed by atoms with E-state index < -0.39 is 0 Å². The topological polar surface area (TPSA) is 86.0 Å². The number of hydrogen-bond acceptors (Lipinski definition) is 3. The zero-order valence-corrected chi connectivity index (χ0v) is 9.47. The highest BCUT2D eigenvalue weighted by Gasteiger charge is 2.05. The summed E-state index contributed by atoms with van der Waals surface area (Å²) in [5, 5.41) is 7.52. The van der Waals surface area contributed by atoms with E-state index in [-0.39, 0.29) is 5.96 Å². The van der Waals surface area contributed by atoms with Crippen molar-refractivity contribution < 1.29 is 4.74 Å². The highest BCUT2D eigenvalue weighted by atomic mass is 16.5. The third-order valence-electron chi connectivity index (χ3n) is 1.89. The van der Waals surface area contributed by atoms with Crippen LogP contribution < -0.4 is 16.2 Å². The van der Waals surface area contributed by atoms with Gasteiger partial charge in [0.25, 0.3) is 0 Å². The normalized spacial score (nSPS) is 11.0. The quantitative estimate of drug-likeness (QED) is 0.452. The molecule has 1 rings (SSSR count). The predicted octanol–water partition coefficient (Wildman–Crippen LogP) is 1.08. The van der Waals surface area contributed by atoms with Crippen molar-refractivity contribution in [2.75, 3.05) is 6.61 Å². The van der Waals surface area contributed by atoms with Gasteiger partial charge in [-0.3, -0.25) is 0 Å². The molecule has 0 fully saturated rings. The van der Waals surface area contributed by atoms with Crippen LogP contribution in [0.15, 0.2) is 34.5 Å². The first-order chi connectivity index (χ1) is 7.65. The maximum atomic E-state index is 5.47. The Morgan fingerprint density at radius 2 is 1.94 bits per heavy atom. The van der Waals surface area contributed by atoms with Crippen molar-refractivity contribution in [3.63, 3.8) is 0 Å². The van der Waals surface area contributed by atoms with Gasteiger partial charge >= 0.3 is 0 Å². The number of nitrogens with zero attached hydrogens (tertiary/aromatic N) is 2. The Morgan fingerprint density at radius 1 is 1.25 bits per heavy atom. The van der Waals surface area contributed by atoms with Gasteiger partial charge in [-0.15, -0.1) is 5.10 Å². The molecule has 4 N–H and O–H groups in total. The number of hydrogen-bond donors (Lipinski definition) is 2. The Kier molecular flexibility index (Phi) is 4.32. The first kappa shape index (κ1) is 12.0. The molecule has 0 unspecified atom stereocenters. The van der Waals surface area contributed by atoms with E-state index in [0.717, 1.165) is 11.3 Å². The standard InChI is InChI=1S/C11H16N4O/c1-3-16-10-7-5-4-6-9(10)8(2)14-15-11(12)13/h4-7H,3H2,1-2H3,(H4,12,13,15). The van der Waals surface area contributed by atoms with Gasteiger partial charge in [0, 0.05) is 5.56 Å². The van der Waals surface area contributed by atoms with Gasteiger partial charge in [-0.2, -0.15) is 5.10 Å². The van der Waals surface area contributed by atoms with Crippen LogP contribution in [0.5, 0.6) is 5.75 Å². The van der Waals surface area contributed by atoms with Crippen molar-refractivity contribution in [2.45, 2.75) is 13.8 Å². The number of ether oxygens (including phenoxy) is 1. The van der Waals surface area contributed by atoms with Crippen molar-refractivity contribution in [2.24, 2.45) is 21.7 Å². The highest BCUT2D eigenvalue weighted by molar-refractivity contribution is 6.01. The molecule has 0 spiro atoms. The second-order valence-electron chi connectivity index (χ2n) is 3.14. The highest BCUT2D eigenvalue weighted by Crippen LogP contribution is 2.18. The second-order valence-corrected chi connectivity index (χ2v) is 3.14. The molecule has 86 valence electrons. The van der Waals surface area contributed by atoms with Crippen molar-refractivity contribution in [1.82, 2.24) is 0 Å². The monoisotopic (exact) mass is 220 g/mol. The van der Waals surface area contributed by atoms with Gasteiger partial charge in [0.1, 0.15) is 5.75 Å². The van der Waals surface area contributed by atoms with Crippen LogP contribution in [0.25, 0.3) is 0 Å². The van der Waals surface area contributed by atoms with Crippen LogP contribution in [0, 0.1) is 0 Å². The summed E-state index contributed by atoms with van der Waals surface area (Å²) in [5.74, 6) is 0.713. The van der Waals surface area contributed by atoms with Gasteiger partial charge in [0.15, 0.2) is 0 Å². The molecule has 0 aliphatic heterocycles. The van der Waals surface area contributed by atoms with E-state index in [1.54, 1.807) is 0 Å². The summed E-state index contributed by atoms with van der Waals surface area (Å²) in [6.07, 6.45) is 0. The van der Waals surface area contributed by atoms with E-state index in [1.807, 2.05) is 38.1 Å². The zero-order valence-electron chi connectivity index (χ0n) is 9.47. The molecule has 0 aliphatic rings. The van der Waals surface area contributed by atoms with Gasteiger partial charge in [0.05, 0.1) is 12.3 Å². The molecule has 5 nitrogen and oxygen atoms in total. The summed E-state index contributed by atoms with van der Waals surface area (Å²) in [6.45, 7) is 4.36. The lowest BCUT2D eigenvalue weighted by atomic mass is 10.1. The molecular weight excluding hydrogens is 204 g/mol. The maximum Gasteiger partial charge on any atom is 0.211 e. The Bertz CT molecular complexity index is 408. The smallest absolute Gasteiger partial charge is 0.211 e. The fourth-order valence-electron chi connectivity index (χ4n) is 1.23. The first-order valence-electron chi connectivity index (χ1n) is 5.00. The lowest BCUT2D eigenvalue weighted by Gasteiger charge is -2.08. The number of nitrogens with two attached hydrogens (primary N) is 2. The average molecular weight is 220 g/mol. The molecule has 16 heavy (non-hydrogen) atoms. The fourth-order valence-corrected chi connectivity index (χ4v) is 1.23.